The Morgan fingerprint density at radius 3 is 2.79 bits per heavy atom. The van der Waals surface area contributed by atoms with E-state index < -0.39 is 5.82 Å². The SMILES string of the molecule is N=C1CCCN1c1ccc(Cl)c(F)c1. The van der Waals surface area contributed by atoms with Gasteiger partial charge < -0.3 is 4.90 Å². The van der Waals surface area contributed by atoms with E-state index in [2.05, 4.69) is 0 Å². The first-order chi connectivity index (χ1) is 6.68. The predicted molar refractivity (Wildman–Crippen MR) is 55.7 cm³/mol. The summed E-state index contributed by atoms with van der Waals surface area (Å²) in [7, 11) is 0. The van der Waals surface area contributed by atoms with Gasteiger partial charge in [0.25, 0.3) is 0 Å². The van der Waals surface area contributed by atoms with Crippen molar-refractivity contribution in [2.45, 2.75) is 12.8 Å². The molecule has 1 saturated heterocycles. The number of rotatable bonds is 1. The van der Waals surface area contributed by atoms with E-state index >= 15 is 0 Å². The molecule has 2 rings (SSSR count). The lowest BCUT2D eigenvalue weighted by Crippen LogP contribution is -2.23. The van der Waals surface area contributed by atoms with Crippen LogP contribution in [-0.2, 0) is 0 Å². The summed E-state index contributed by atoms with van der Waals surface area (Å²) in [6, 6.07) is 4.64. The van der Waals surface area contributed by atoms with Crippen molar-refractivity contribution in [3.8, 4) is 0 Å². The van der Waals surface area contributed by atoms with Gasteiger partial charge in [-0.1, -0.05) is 11.6 Å². The molecular weight excluding hydrogens is 203 g/mol. The van der Waals surface area contributed by atoms with E-state index in [1.165, 1.54) is 12.1 Å². The first kappa shape index (κ1) is 9.46. The van der Waals surface area contributed by atoms with Gasteiger partial charge in [0.05, 0.1) is 5.02 Å². The van der Waals surface area contributed by atoms with E-state index in [9.17, 15) is 4.39 Å². The zero-order chi connectivity index (χ0) is 10.1. The third-order valence-electron chi connectivity index (χ3n) is 2.34. The Balaban J connectivity index is 2.32. The Hall–Kier alpha value is -1.09. The lowest BCUT2D eigenvalue weighted by Gasteiger charge is -2.17. The van der Waals surface area contributed by atoms with Gasteiger partial charge >= 0.3 is 0 Å². The summed E-state index contributed by atoms with van der Waals surface area (Å²) in [5, 5.41) is 7.76. The minimum atomic E-state index is -0.427. The fourth-order valence-corrected chi connectivity index (χ4v) is 1.73. The van der Waals surface area contributed by atoms with E-state index in [-0.39, 0.29) is 5.02 Å². The van der Waals surface area contributed by atoms with Crippen molar-refractivity contribution < 1.29 is 4.39 Å². The lowest BCUT2D eigenvalue weighted by atomic mass is 10.3. The molecule has 0 aromatic heterocycles. The van der Waals surface area contributed by atoms with Gasteiger partial charge in [0.15, 0.2) is 0 Å². The van der Waals surface area contributed by atoms with Gasteiger partial charge in [-0.15, -0.1) is 0 Å². The molecule has 1 aliphatic heterocycles. The average molecular weight is 213 g/mol. The molecule has 0 radical (unpaired) electrons. The van der Waals surface area contributed by atoms with Crippen molar-refractivity contribution >= 4 is 23.1 Å². The molecule has 4 heteroatoms. The van der Waals surface area contributed by atoms with Crippen LogP contribution >= 0.6 is 11.6 Å². The largest absolute Gasteiger partial charge is 0.330 e. The number of amidine groups is 1. The molecule has 74 valence electrons. The van der Waals surface area contributed by atoms with Gasteiger partial charge in [-0.05, 0) is 24.6 Å². The number of nitrogens with zero attached hydrogens (tertiary/aromatic N) is 1. The Morgan fingerprint density at radius 2 is 2.21 bits per heavy atom. The van der Waals surface area contributed by atoms with Gasteiger partial charge in [0.2, 0.25) is 0 Å². The quantitative estimate of drug-likeness (QED) is 0.761. The highest BCUT2D eigenvalue weighted by Crippen LogP contribution is 2.25. The standard InChI is InChI=1S/C10H10ClFN2/c11-8-4-3-7(6-9(8)12)14-5-1-2-10(14)13/h3-4,6,13H,1-2,5H2. The minimum Gasteiger partial charge on any atom is -0.330 e. The molecule has 0 atom stereocenters. The fourth-order valence-electron chi connectivity index (χ4n) is 1.61. The molecule has 1 aromatic rings. The van der Waals surface area contributed by atoms with Crippen molar-refractivity contribution in [1.82, 2.24) is 0 Å². The Bertz CT molecular complexity index is 378. The van der Waals surface area contributed by atoms with Gasteiger partial charge in [-0.2, -0.15) is 0 Å². The number of hydrogen-bond donors (Lipinski definition) is 1. The molecule has 0 bridgehead atoms. The van der Waals surface area contributed by atoms with E-state index in [0.717, 1.165) is 25.1 Å². The number of hydrogen-bond acceptors (Lipinski definition) is 1. The second kappa shape index (κ2) is 3.58. The molecule has 1 fully saturated rings. The van der Waals surface area contributed by atoms with Gasteiger partial charge in [0, 0.05) is 18.7 Å². The Kier molecular flexibility index (Phi) is 2.42. The first-order valence-corrected chi connectivity index (χ1v) is 4.86. The van der Waals surface area contributed by atoms with Crippen molar-refractivity contribution in [3.05, 3.63) is 29.0 Å². The molecule has 1 N–H and O–H groups in total. The topological polar surface area (TPSA) is 27.1 Å². The van der Waals surface area contributed by atoms with Crippen LogP contribution in [0.3, 0.4) is 0 Å². The lowest BCUT2D eigenvalue weighted by molar-refractivity contribution is 0.628. The van der Waals surface area contributed by atoms with Crippen molar-refractivity contribution in [2.75, 3.05) is 11.4 Å². The number of benzene rings is 1. The van der Waals surface area contributed by atoms with Crippen molar-refractivity contribution in [1.29, 1.82) is 5.41 Å². The number of anilines is 1. The van der Waals surface area contributed by atoms with E-state index in [4.69, 9.17) is 17.0 Å². The maximum Gasteiger partial charge on any atom is 0.143 e. The predicted octanol–water partition coefficient (Wildman–Crippen LogP) is 3.06. The van der Waals surface area contributed by atoms with Gasteiger partial charge in [-0.3, -0.25) is 5.41 Å². The van der Waals surface area contributed by atoms with Gasteiger partial charge in [-0.25, -0.2) is 4.39 Å². The molecule has 0 amide bonds. The number of nitrogens with one attached hydrogen (secondary N) is 1. The molecule has 0 saturated carbocycles. The van der Waals surface area contributed by atoms with Crippen LogP contribution in [0.2, 0.25) is 5.02 Å². The summed E-state index contributed by atoms with van der Waals surface area (Å²) >= 11 is 5.58. The van der Waals surface area contributed by atoms with Crippen molar-refractivity contribution in [3.63, 3.8) is 0 Å². The first-order valence-electron chi connectivity index (χ1n) is 4.48. The van der Waals surface area contributed by atoms with E-state index in [0.29, 0.717) is 5.84 Å². The Morgan fingerprint density at radius 1 is 1.43 bits per heavy atom. The monoisotopic (exact) mass is 212 g/mol. The molecule has 1 heterocycles. The molecule has 1 aliphatic rings. The van der Waals surface area contributed by atoms with Gasteiger partial charge in [0.1, 0.15) is 11.7 Å². The molecule has 0 aliphatic carbocycles. The van der Waals surface area contributed by atoms with Crippen LogP contribution in [0.1, 0.15) is 12.8 Å². The molecule has 2 nitrogen and oxygen atoms in total. The molecule has 14 heavy (non-hydrogen) atoms. The molecule has 0 unspecified atom stereocenters. The summed E-state index contributed by atoms with van der Waals surface area (Å²) in [5.41, 5.74) is 0.717. The van der Waals surface area contributed by atoms with Crippen LogP contribution < -0.4 is 4.90 Å². The van der Waals surface area contributed by atoms with Crippen LogP contribution in [0.4, 0.5) is 10.1 Å². The Labute approximate surface area is 86.8 Å². The van der Waals surface area contributed by atoms with E-state index in [1.807, 2.05) is 0 Å². The normalized spacial score (nSPS) is 16.4. The smallest absolute Gasteiger partial charge is 0.143 e. The number of halogens is 2. The highest BCUT2D eigenvalue weighted by atomic mass is 35.5. The maximum absolute atomic E-state index is 13.1. The van der Waals surface area contributed by atoms with Crippen LogP contribution in [0.15, 0.2) is 18.2 Å². The van der Waals surface area contributed by atoms with Crippen LogP contribution in [0.25, 0.3) is 0 Å². The van der Waals surface area contributed by atoms with Crippen molar-refractivity contribution in [2.24, 2.45) is 0 Å². The average Bonchev–Trinajstić information content (AvgIpc) is 2.57. The summed E-state index contributed by atoms with van der Waals surface area (Å²) in [5.74, 6) is 0.121. The second-order valence-electron chi connectivity index (χ2n) is 3.30. The zero-order valence-electron chi connectivity index (χ0n) is 7.56. The highest BCUT2D eigenvalue weighted by Gasteiger charge is 2.18. The van der Waals surface area contributed by atoms with Crippen LogP contribution in [-0.4, -0.2) is 12.4 Å². The highest BCUT2D eigenvalue weighted by molar-refractivity contribution is 6.30. The second-order valence-corrected chi connectivity index (χ2v) is 3.71. The summed E-state index contributed by atoms with van der Waals surface area (Å²) in [6.45, 7) is 0.792. The minimum absolute atomic E-state index is 0.125. The summed E-state index contributed by atoms with van der Waals surface area (Å²) < 4.78 is 13.1. The summed E-state index contributed by atoms with van der Waals surface area (Å²) in [4.78, 5) is 1.80. The molecule has 1 aromatic carbocycles. The maximum atomic E-state index is 13.1. The third-order valence-corrected chi connectivity index (χ3v) is 2.64. The zero-order valence-corrected chi connectivity index (χ0v) is 8.31. The molecule has 0 spiro atoms. The fraction of sp³-hybridized carbons (Fsp3) is 0.300. The molecular formula is C10H10ClFN2. The van der Waals surface area contributed by atoms with E-state index in [1.54, 1.807) is 11.0 Å². The van der Waals surface area contributed by atoms with Crippen LogP contribution in [0, 0.1) is 11.2 Å². The third kappa shape index (κ3) is 1.60. The summed E-state index contributed by atoms with van der Waals surface area (Å²) in [6.07, 6.45) is 1.73. The van der Waals surface area contributed by atoms with Crippen LogP contribution in [0.5, 0.6) is 0 Å².